The van der Waals surface area contributed by atoms with Crippen molar-refractivity contribution in [1.82, 2.24) is 4.98 Å². The number of aryl methyl sites for hydroxylation is 1. The quantitative estimate of drug-likeness (QED) is 0.888. The average molecular weight is 235 g/mol. The zero-order valence-electron chi connectivity index (χ0n) is 9.24. The number of thiazole rings is 1. The molecule has 0 saturated heterocycles. The number of nitrogens with one attached hydrogen (secondary N) is 1. The van der Waals surface area contributed by atoms with E-state index in [0.717, 1.165) is 23.4 Å². The molecule has 0 atom stereocenters. The second-order valence-corrected chi connectivity index (χ2v) is 4.29. The maximum Gasteiger partial charge on any atom is 0.304 e. The second kappa shape index (κ2) is 4.53. The van der Waals surface area contributed by atoms with Crippen LogP contribution in [-0.4, -0.2) is 12.1 Å². The molecule has 2 rings (SSSR count). The van der Waals surface area contributed by atoms with Gasteiger partial charge >= 0.3 is 4.87 Å². The lowest BCUT2D eigenvalue weighted by molar-refractivity contribution is 0.416. The minimum Gasteiger partial charge on any atom is -0.496 e. The first-order valence-corrected chi connectivity index (χ1v) is 5.97. The summed E-state index contributed by atoms with van der Waals surface area (Å²) in [6.45, 7) is 2.10. The molecule has 0 amide bonds. The molecule has 16 heavy (non-hydrogen) atoms. The Bertz CT molecular complexity index is 542. The molecule has 0 aliphatic heterocycles. The van der Waals surface area contributed by atoms with Gasteiger partial charge in [-0.2, -0.15) is 0 Å². The van der Waals surface area contributed by atoms with Crippen LogP contribution in [0, 0.1) is 0 Å². The van der Waals surface area contributed by atoms with Crippen molar-refractivity contribution in [2.24, 2.45) is 0 Å². The van der Waals surface area contributed by atoms with Gasteiger partial charge in [0.1, 0.15) is 5.75 Å². The summed E-state index contributed by atoms with van der Waals surface area (Å²) in [5.74, 6) is 0.784. The fourth-order valence-electron chi connectivity index (χ4n) is 1.60. The van der Waals surface area contributed by atoms with Gasteiger partial charge in [-0.05, 0) is 24.1 Å². The van der Waals surface area contributed by atoms with Gasteiger partial charge in [0, 0.05) is 10.9 Å². The summed E-state index contributed by atoms with van der Waals surface area (Å²) in [6.07, 6.45) is 0.964. The molecular weight excluding hydrogens is 222 g/mol. The molecule has 0 spiro atoms. The van der Waals surface area contributed by atoms with E-state index in [0.29, 0.717) is 0 Å². The molecule has 1 aromatic carbocycles. The topological polar surface area (TPSA) is 42.1 Å². The monoisotopic (exact) mass is 235 g/mol. The van der Waals surface area contributed by atoms with Crippen LogP contribution in [-0.2, 0) is 6.42 Å². The molecule has 84 valence electrons. The van der Waals surface area contributed by atoms with E-state index >= 15 is 0 Å². The van der Waals surface area contributed by atoms with Gasteiger partial charge in [0.25, 0.3) is 0 Å². The van der Waals surface area contributed by atoms with Gasteiger partial charge in [-0.3, -0.25) is 4.79 Å². The molecule has 0 bridgehead atoms. The fraction of sp³-hybridized carbons (Fsp3) is 0.250. The number of aromatic nitrogens is 1. The number of hydrogen-bond acceptors (Lipinski definition) is 3. The third kappa shape index (κ3) is 2.02. The summed E-state index contributed by atoms with van der Waals surface area (Å²) in [5, 5.41) is 1.82. The van der Waals surface area contributed by atoms with Gasteiger partial charge in [0.05, 0.1) is 12.8 Å². The number of H-pyrrole nitrogens is 1. The number of ether oxygens (including phenoxy) is 1. The van der Waals surface area contributed by atoms with Gasteiger partial charge in [0.2, 0.25) is 0 Å². The van der Waals surface area contributed by atoms with Crippen LogP contribution in [0.15, 0.2) is 28.4 Å². The Hall–Kier alpha value is -1.55. The summed E-state index contributed by atoms with van der Waals surface area (Å²) in [4.78, 5) is 13.9. The molecule has 1 N–H and O–H groups in total. The Morgan fingerprint density at radius 3 is 2.81 bits per heavy atom. The highest BCUT2D eigenvalue weighted by Crippen LogP contribution is 2.29. The zero-order valence-corrected chi connectivity index (χ0v) is 10.1. The van der Waals surface area contributed by atoms with Crippen molar-refractivity contribution in [3.05, 3.63) is 38.8 Å². The number of aromatic amines is 1. The lowest BCUT2D eigenvalue weighted by Crippen LogP contribution is -1.95. The predicted octanol–water partition coefficient (Wildman–Crippen LogP) is 2.67. The summed E-state index contributed by atoms with van der Waals surface area (Å²) < 4.78 is 5.29. The lowest BCUT2D eigenvalue weighted by Gasteiger charge is -2.08. The highest BCUT2D eigenvalue weighted by Gasteiger charge is 2.08. The Morgan fingerprint density at radius 1 is 1.44 bits per heavy atom. The van der Waals surface area contributed by atoms with Crippen molar-refractivity contribution in [1.29, 1.82) is 0 Å². The van der Waals surface area contributed by atoms with Crippen LogP contribution in [0.1, 0.15) is 12.5 Å². The molecule has 0 radical (unpaired) electrons. The third-order valence-corrected chi connectivity index (χ3v) is 3.15. The Morgan fingerprint density at radius 2 is 2.25 bits per heavy atom. The molecule has 1 heterocycles. The standard InChI is InChI=1S/C12H13NO2S/c1-3-8-4-5-11(15-2)9(6-8)10-7-16-12(14)13-10/h4-7H,3H2,1-2H3,(H,13,14). The smallest absolute Gasteiger partial charge is 0.304 e. The largest absolute Gasteiger partial charge is 0.496 e. The van der Waals surface area contributed by atoms with Crippen molar-refractivity contribution in [2.45, 2.75) is 13.3 Å². The Balaban J connectivity index is 2.56. The normalized spacial score (nSPS) is 10.4. The van der Waals surface area contributed by atoms with Crippen molar-refractivity contribution < 1.29 is 4.74 Å². The molecule has 0 aliphatic rings. The van der Waals surface area contributed by atoms with Crippen molar-refractivity contribution >= 4 is 11.3 Å². The van der Waals surface area contributed by atoms with E-state index in [4.69, 9.17) is 4.74 Å². The maximum atomic E-state index is 11.1. The van der Waals surface area contributed by atoms with Crippen molar-refractivity contribution in [3.63, 3.8) is 0 Å². The maximum absolute atomic E-state index is 11.1. The molecule has 2 aromatic rings. The molecule has 0 unspecified atom stereocenters. The molecule has 0 fully saturated rings. The highest BCUT2D eigenvalue weighted by atomic mass is 32.1. The summed E-state index contributed by atoms with van der Waals surface area (Å²) >= 11 is 1.17. The SMILES string of the molecule is CCc1ccc(OC)c(-c2csc(=O)[nH]2)c1. The van der Waals surface area contributed by atoms with Crippen LogP contribution in [0.3, 0.4) is 0 Å². The van der Waals surface area contributed by atoms with E-state index in [1.54, 1.807) is 7.11 Å². The number of hydrogen-bond donors (Lipinski definition) is 1. The number of benzene rings is 1. The molecule has 0 aliphatic carbocycles. The van der Waals surface area contributed by atoms with Crippen LogP contribution >= 0.6 is 11.3 Å². The minimum atomic E-state index is -0.0426. The number of methoxy groups -OCH3 is 1. The van der Waals surface area contributed by atoms with Crippen LogP contribution in [0.5, 0.6) is 5.75 Å². The molecular formula is C12H13NO2S. The van der Waals surface area contributed by atoms with E-state index < -0.39 is 0 Å². The van der Waals surface area contributed by atoms with E-state index in [1.807, 2.05) is 17.5 Å². The van der Waals surface area contributed by atoms with Gasteiger partial charge < -0.3 is 9.72 Å². The van der Waals surface area contributed by atoms with E-state index in [1.165, 1.54) is 16.9 Å². The van der Waals surface area contributed by atoms with Crippen LogP contribution in [0.25, 0.3) is 11.3 Å². The Labute approximate surface area is 97.7 Å². The van der Waals surface area contributed by atoms with E-state index in [9.17, 15) is 4.79 Å². The minimum absolute atomic E-state index is 0.0426. The van der Waals surface area contributed by atoms with Gasteiger partial charge in [-0.1, -0.05) is 24.3 Å². The molecule has 1 aromatic heterocycles. The second-order valence-electron chi connectivity index (χ2n) is 3.45. The number of rotatable bonds is 3. The van der Waals surface area contributed by atoms with Gasteiger partial charge in [0.15, 0.2) is 0 Å². The predicted molar refractivity (Wildman–Crippen MR) is 66.3 cm³/mol. The lowest BCUT2D eigenvalue weighted by atomic mass is 10.1. The van der Waals surface area contributed by atoms with Crippen molar-refractivity contribution in [2.75, 3.05) is 7.11 Å². The fourth-order valence-corrected chi connectivity index (χ4v) is 2.18. The molecule has 4 heteroatoms. The summed E-state index contributed by atoms with van der Waals surface area (Å²) in [7, 11) is 1.63. The van der Waals surface area contributed by atoms with Crippen LogP contribution in [0.2, 0.25) is 0 Å². The molecule has 3 nitrogen and oxygen atoms in total. The van der Waals surface area contributed by atoms with Gasteiger partial charge in [-0.15, -0.1) is 0 Å². The first-order valence-electron chi connectivity index (χ1n) is 5.09. The van der Waals surface area contributed by atoms with E-state index in [-0.39, 0.29) is 4.87 Å². The first kappa shape index (κ1) is 11.0. The first-order chi connectivity index (χ1) is 7.74. The highest BCUT2D eigenvalue weighted by molar-refractivity contribution is 7.07. The van der Waals surface area contributed by atoms with Crippen LogP contribution < -0.4 is 9.61 Å². The van der Waals surface area contributed by atoms with Crippen molar-refractivity contribution in [3.8, 4) is 17.0 Å². The molecule has 0 saturated carbocycles. The summed E-state index contributed by atoms with van der Waals surface area (Å²) in [5.41, 5.74) is 2.99. The third-order valence-electron chi connectivity index (χ3n) is 2.48. The summed E-state index contributed by atoms with van der Waals surface area (Å²) in [6, 6.07) is 6.02. The average Bonchev–Trinajstić information content (AvgIpc) is 2.75. The Kier molecular flexibility index (Phi) is 3.10. The van der Waals surface area contributed by atoms with E-state index in [2.05, 4.69) is 18.0 Å². The van der Waals surface area contributed by atoms with Crippen LogP contribution in [0.4, 0.5) is 0 Å². The zero-order chi connectivity index (χ0) is 11.5. The van der Waals surface area contributed by atoms with Gasteiger partial charge in [-0.25, -0.2) is 0 Å².